The van der Waals surface area contributed by atoms with E-state index in [4.69, 9.17) is 13.9 Å². The second kappa shape index (κ2) is 14.5. The van der Waals surface area contributed by atoms with Crippen LogP contribution < -0.4 is 10.4 Å². The van der Waals surface area contributed by atoms with Crippen molar-refractivity contribution < 1.29 is 23.8 Å². The summed E-state index contributed by atoms with van der Waals surface area (Å²) in [6.45, 7) is 21.5. The molecule has 1 heterocycles. The van der Waals surface area contributed by atoms with Crippen molar-refractivity contribution in [1.29, 1.82) is 0 Å². The smallest absolute Gasteiger partial charge is 0.261 e. The Labute approximate surface area is 262 Å². The number of carbonyl (C=O) groups excluding carboxylic acids is 1. The Kier molecular flexibility index (Phi) is 12.0. The maximum Gasteiger partial charge on any atom is 0.261 e. The second-order valence-electron chi connectivity index (χ2n) is 14.7. The third-order valence-corrected chi connectivity index (χ3v) is 14.7. The molecule has 5 nitrogen and oxygen atoms in total. The number of Topliss-reactive ketones (excluding diaryl/α,β-unsaturated/α-hetero) is 1. The lowest BCUT2D eigenvalue weighted by Gasteiger charge is -2.45. The molecule has 2 aromatic carbocycles. The first-order valence-electron chi connectivity index (χ1n) is 16.4. The van der Waals surface area contributed by atoms with E-state index in [1.165, 1.54) is 10.4 Å². The second-order valence-corrected chi connectivity index (χ2v) is 19.0. The summed E-state index contributed by atoms with van der Waals surface area (Å²) in [5.74, 6) is -1.05. The minimum absolute atomic E-state index is 0.00295. The molecule has 43 heavy (non-hydrogen) atoms. The van der Waals surface area contributed by atoms with E-state index in [0.29, 0.717) is 19.4 Å². The van der Waals surface area contributed by atoms with E-state index in [9.17, 15) is 9.90 Å². The number of ketones is 1. The van der Waals surface area contributed by atoms with Gasteiger partial charge in [-0.2, -0.15) is 0 Å². The van der Waals surface area contributed by atoms with E-state index in [0.717, 1.165) is 19.3 Å². The van der Waals surface area contributed by atoms with Gasteiger partial charge in [0.2, 0.25) is 0 Å². The average Bonchev–Trinajstić information content (AvgIpc) is 2.95. The fourth-order valence-corrected chi connectivity index (χ4v) is 11.7. The van der Waals surface area contributed by atoms with Gasteiger partial charge in [0.05, 0.1) is 24.2 Å². The molecule has 2 aromatic rings. The molecule has 1 fully saturated rings. The summed E-state index contributed by atoms with van der Waals surface area (Å²) in [7, 11) is -2.61. The van der Waals surface area contributed by atoms with Crippen molar-refractivity contribution in [2.75, 3.05) is 6.61 Å². The van der Waals surface area contributed by atoms with Crippen LogP contribution in [0.1, 0.15) is 101 Å². The molecule has 5 atom stereocenters. The van der Waals surface area contributed by atoms with Crippen molar-refractivity contribution in [2.45, 2.75) is 130 Å². The van der Waals surface area contributed by atoms with Gasteiger partial charge in [0.1, 0.15) is 5.78 Å². The van der Waals surface area contributed by atoms with Gasteiger partial charge in [-0.05, 0) is 67.8 Å². The van der Waals surface area contributed by atoms with Gasteiger partial charge in [-0.3, -0.25) is 4.79 Å². The van der Waals surface area contributed by atoms with Gasteiger partial charge in [0.15, 0.2) is 5.79 Å². The Hall–Kier alpha value is -1.83. The molecular formula is C37H58O5Si. The van der Waals surface area contributed by atoms with Gasteiger partial charge < -0.3 is 19.0 Å². The zero-order valence-corrected chi connectivity index (χ0v) is 29.5. The highest BCUT2D eigenvalue weighted by Crippen LogP contribution is 2.40. The summed E-state index contributed by atoms with van der Waals surface area (Å²) >= 11 is 0. The number of benzene rings is 2. The number of aliphatic hydroxyl groups excluding tert-OH is 1. The van der Waals surface area contributed by atoms with Crippen LogP contribution in [-0.2, 0) is 18.7 Å². The normalized spacial score (nSPS) is 20.7. The van der Waals surface area contributed by atoms with Crippen molar-refractivity contribution in [3.05, 3.63) is 60.7 Å². The summed E-state index contributed by atoms with van der Waals surface area (Å²) in [5, 5.41) is 14.0. The minimum Gasteiger partial charge on any atom is -0.405 e. The average molecular weight is 611 g/mol. The lowest BCUT2D eigenvalue weighted by molar-refractivity contribution is -0.289. The van der Waals surface area contributed by atoms with Gasteiger partial charge in [0, 0.05) is 12.0 Å². The van der Waals surface area contributed by atoms with Gasteiger partial charge in [-0.15, -0.1) is 0 Å². The number of aliphatic hydroxyl groups is 1. The Bertz CT molecular complexity index is 1100. The quantitative estimate of drug-likeness (QED) is 0.228. The predicted octanol–water partition coefficient (Wildman–Crippen LogP) is 7.28. The van der Waals surface area contributed by atoms with E-state index < -0.39 is 31.5 Å². The third kappa shape index (κ3) is 8.26. The van der Waals surface area contributed by atoms with Gasteiger partial charge in [-0.1, -0.05) is 116 Å². The first-order chi connectivity index (χ1) is 20.1. The lowest BCUT2D eigenvalue weighted by Crippen LogP contribution is -2.67. The van der Waals surface area contributed by atoms with E-state index in [-0.39, 0.29) is 28.9 Å². The molecule has 240 valence electrons. The summed E-state index contributed by atoms with van der Waals surface area (Å²) in [4.78, 5) is 13.9. The molecule has 6 heteroatoms. The van der Waals surface area contributed by atoms with E-state index in [2.05, 4.69) is 95.3 Å². The van der Waals surface area contributed by atoms with Crippen LogP contribution >= 0.6 is 0 Å². The molecule has 0 saturated carbocycles. The molecular weight excluding hydrogens is 552 g/mol. The topological polar surface area (TPSA) is 65.0 Å². The SMILES string of the molecule is CC[C@@H](C(=O)C(C)(C)[C@@H]1CCOC(C)(C)O1)C(O)[C@@H](C)CCCC(C)O[Si](c1ccccc1)(c1ccccc1)C(C)(C)C. The lowest BCUT2D eigenvalue weighted by atomic mass is 9.71. The largest absolute Gasteiger partial charge is 0.405 e. The summed E-state index contributed by atoms with van der Waals surface area (Å²) in [6.07, 6.45) is 3.04. The first kappa shape index (κ1) is 35.6. The highest BCUT2D eigenvalue weighted by molar-refractivity contribution is 6.99. The van der Waals surface area contributed by atoms with Crippen molar-refractivity contribution >= 4 is 24.5 Å². The molecule has 3 rings (SSSR count). The molecule has 0 amide bonds. The number of ether oxygens (including phenoxy) is 2. The Morgan fingerprint density at radius 2 is 1.51 bits per heavy atom. The van der Waals surface area contributed by atoms with Crippen LogP contribution in [0, 0.1) is 17.3 Å². The molecule has 1 aliphatic rings. The molecule has 0 radical (unpaired) electrons. The van der Waals surface area contributed by atoms with Crippen molar-refractivity contribution in [2.24, 2.45) is 17.3 Å². The summed E-state index contributed by atoms with van der Waals surface area (Å²) in [5.41, 5.74) is -0.708. The number of hydrogen-bond acceptors (Lipinski definition) is 5. The zero-order chi connectivity index (χ0) is 32.1. The van der Waals surface area contributed by atoms with Crippen LogP contribution in [0.3, 0.4) is 0 Å². The van der Waals surface area contributed by atoms with Crippen molar-refractivity contribution in [3.63, 3.8) is 0 Å². The highest BCUT2D eigenvalue weighted by Gasteiger charge is 2.51. The summed E-state index contributed by atoms with van der Waals surface area (Å²) < 4.78 is 19.1. The van der Waals surface area contributed by atoms with E-state index in [1.54, 1.807) is 0 Å². The molecule has 0 spiro atoms. The summed E-state index contributed by atoms with van der Waals surface area (Å²) in [6, 6.07) is 21.5. The van der Waals surface area contributed by atoms with Gasteiger partial charge >= 0.3 is 0 Å². The molecule has 0 aliphatic carbocycles. The zero-order valence-electron chi connectivity index (χ0n) is 28.5. The fraction of sp³-hybridized carbons (Fsp3) is 0.649. The molecule has 1 N–H and O–H groups in total. The Morgan fingerprint density at radius 3 is 1.98 bits per heavy atom. The molecule has 1 aliphatic heterocycles. The third-order valence-electron chi connectivity index (χ3n) is 9.53. The number of carbonyl (C=O) groups is 1. The van der Waals surface area contributed by atoms with Crippen LogP contribution in [-0.4, -0.2) is 49.9 Å². The van der Waals surface area contributed by atoms with E-state index >= 15 is 0 Å². The molecule has 0 bridgehead atoms. The maximum atomic E-state index is 13.9. The Balaban J connectivity index is 1.68. The van der Waals surface area contributed by atoms with Crippen molar-refractivity contribution in [3.8, 4) is 0 Å². The molecule has 2 unspecified atom stereocenters. The van der Waals surface area contributed by atoms with E-state index in [1.807, 2.05) is 34.6 Å². The fourth-order valence-electron chi connectivity index (χ4n) is 6.92. The van der Waals surface area contributed by atoms with Crippen LogP contribution in [0.5, 0.6) is 0 Å². The number of rotatable bonds is 14. The monoisotopic (exact) mass is 610 g/mol. The van der Waals surface area contributed by atoms with Crippen LogP contribution in [0.25, 0.3) is 0 Å². The Morgan fingerprint density at radius 1 is 0.977 bits per heavy atom. The highest BCUT2D eigenvalue weighted by atomic mass is 28.4. The molecule has 1 saturated heterocycles. The minimum atomic E-state index is -2.61. The van der Waals surface area contributed by atoms with Crippen LogP contribution in [0.15, 0.2) is 60.7 Å². The number of hydrogen-bond donors (Lipinski definition) is 1. The predicted molar refractivity (Wildman–Crippen MR) is 179 cm³/mol. The van der Waals surface area contributed by atoms with Gasteiger partial charge in [0.25, 0.3) is 8.32 Å². The standard InChI is InChI=1S/C37H58O5Si/c1-11-31(34(39)36(7,8)32-25-26-40-37(9,10)41-32)33(38)27(2)19-18-20-28(3)42-43(35(4,5)6,29-21-14-12-15-22-29)30-23-16-13-17-24-30/h12-17,21-24,27-28,31-33,38H,11,18-20,25-26H2,1-10H3/t27-,28?,31+,32-,33?/m0/s1. The van der Waals surface area contributed by atoms with Crippen molar-refractivity contribution in [1.82, 2.24) is 0 Å². The maximum absolute atomic E-state index is 13.9. The molecule has 0 aromatic heterocycles. The van der Waals surface area contributed by atoms with Crippen LogP contribution in [0.4, 0.5) is 0 Å². The van der Waals surface area contributed by atoms with Crippen LogP contribution in [0.2, 0.25) is 5.04 Å². The first-order valence-corrected chi connectivity index (χ1v) is 18.3. The van der Waals surface area contributed by atoms with Gasteiger partial charge in [-0.25, -0.2) is 0 Å².